The molecule has 2 nitrogen and oxygen atoms in total. The molecule has 5 heteroatoms. The van der Waals surface area contributed by atoms with Crippen LogP contribution in [0.3, 0.4) is 0 Å². The van der Waals surface area contributed by atoms with Crippen LogP contribution in [0.4, 0.5) is 0 Å². The van der Waals surface area contributed by atoms with Crippen molar-refractivity contribution in [2.75, 3.05) is 6.54 Å². The molecule has 0 aromatic carbocycles. The number of amides is 1. The summed E-state index contributed by atoms with van der Waals surface area (Å²) in [5, 5.41) is 4.51. The SMILES string of the molecule is Cc1ccsc1C(=O)NCC(Cl)Cl. The van der Waals surface area contributed by atoms with Gasteiger partial charge in [-0.1, -0.05) is 0 Å². The van der Waals surface area contributed by atoms with Crippen molar-refractivity contribution in [2.24, 2.45) is 0 Å². The Morgan fingerprint density at radius 2 is 2.38 bits per heavy atom. The third-order valence-electron chi connectivity index (χ3n) is 1.49. The number of rotatable bonds is 3. The fourth-order valence-electron chi connectivity index (χ4n) is 0.855. The summed E-state index contributed by atoms with van der Waals surface area (Å²) < 4.78 is 0. The van der Waals surface area contributed by atoms with Crippen LogP contribution in [-0.2, 0) is 0 Å². The minimum Gasteiger partial charge on any atom is -0.349 e. The molecule has 1 heterocycles. The first-order valence-electron chi connectivity index (χ1n) is 3.71. The van der Waals surface area contributed by atoms with Crippen LogP contribution in [0.5, 0.6) is 0 Å². The minimum absolute atomic E-state index is 0.112. The maximum absolute atomic E-state index is 11.4. The van der Waals surface area contributed by atoms with Gasteiger partial charge >= 0.3 is 0 Å². The van der Waals surface area contributed by atoms with E-state index in [0.29, 0.717) is 4.88 Å². The summed E-state index contributed by atoms with van der Waals surface area (Å²) in [6.45, 7) is 2.17. The fraction of sp³-hybridized carbons (Fsp3) is 0.375. The second-order valence-corrected chi connectivity index (χ2v) is 4.73. The number of alkyl halides is 2. The predicted octanol–water partition coefficient (Wildman–Crippen LogP) is 2.59. The smallest absolute Gasteiger partial charge is 0.261 e. The molecule has 0 unspecified atom stereocenters. The molecule has 0 spiro atoms. The zero-order valence-corrected chi connectivity index (χ0v) is 9.34. The molecule has 0 saturated carbocycles. The number of hydrogen-bond acceptors (Lipinski definition) is 2. The Morgan fingerprint density at radius 1 is 1.69 bits per heavy atom. The number of carbonyl (C=O) groups is 1. The van der Waals surface area contributed by atoms with Gasteiger partial charge in [0.1, 0.15) is 4.84 Å². The normalized spacial score (nSPS) is 10.5. The zero-order chi connectivity index (χ0) is 9.84. The van der Waals surface area contributed by atoms with E-state index in [4.69, 9.17) is 23.2 Å². The molecule has 0 aliphatic heterocycles. The molecule has 0 saturated heterocycles. The van der Waals surface area contributed by atoms with Crippen LogP contribution in [0.2, 0.25) is 0 Å². The van der Waals surface area contributed by atoms with Crippen molar-refractivity contribution >= 4 is 40.4 Å². The summed E-state index contributed by atoms with van der Waals surface area (Å²) in [5.41, 5.74) is 0.975. The third kappa shape index (κ3) is 3.18. The first-order valence-corrected chi connectivity index (χ1v) is 5.47. The monoisotopic (exact) mass is 237 g/mol. The van der Waals surface area contributed by atoms with E-state index >= 15 is 0 Å². The van der Waals surface area contributed by atoms with Gasteiger partial charge in [0.15, 0.2) is 0 Å². The largest absolute Gasteiger partial charge is 0.349 e. The quantitative estimate of drug-likeness (QED) is 0.805. The highest BCUT2D eigenvalue weighted by Gasteiger charge is 2.10. The number of aryl methyl sites for hydroxylation is 1. The molecule has 0 fully saturated rings. The lowest BCUT2D eigenvalue weighted by atomic mass is 10.3. The van der Waals surface area contributed by atoms with Crippen LogP contribution >= 0.6 is 34.5 Å². The van der Waals surface area contributed by atoms with E-state index in [1.54, 1.807) is 0 Å². The van der Waals surface area contributed by atoms with Crippen LogP contribution in [-0.4, -0.2) is 17.3 Å². The number of nitrogens with one attached hydrogen (secondary N) is 1. The highest BCUT2D eigenvalue weighted by molar-refractivity contribution is 7.12. The summed E-state index contributed by atoms with van der Waals surface area (Å²) in [6, 6.07) is 1.90. The van der Waals surface area contributed by atoms with Gasteiger partial charge in [0, 0.05) is 6.54 Å². The van der Waals surface area contributed by atoms with Gasteiger partial charge in [-0.25, -0.2) is 0 Å². The van der Waals surface area contributed by atoms with Gasteiger partial charge in [-0.15, -0.1) is 34.5 Å². The summed E-state index contributed by atoms with van der Waals surface area (Å²) in [7, 11) is 0. The zero-order valence-electron chi connectivity index (χ0n) is 7.01. The third-order valence-corrected chi connectivity index (χ3v) is 2.81. The van der Waals surface area contributed by atoms with Gasteiger partial charge in [0.25, 0.3) is 5.91 Å². The van der Waals surface area contributed by atoms with Crippen molar-refractivity contribution in [1.82, 2.24) is 5.32 Å². The molecule has 72 valence electrons. The Kier molecular flexibility index (Phi) is 4.03. The van der Waals surface area contributed by atoms with Crippen molar-refractivity contribution in [2.45, 2.75) is 11.8 Å². The Hall–Kier alpha value is -0.250. The van der Waals surface area contributed by atoms with Crippen molar-refractivity contribution in [1.29, 1.82) is 0 Å². The maximum Gasteiger partial charge on any atom is 0.261 e. The molecular formula is C8H9Cl2NOS. The molecule has 0 bridgehead atoms. The molecule has 1 rings (SSSR count). The molecule has 13 heavy (non-hydrogen) atoms. The van der Waals surface area contributed by atoms with Gasteiger partial charge in [-0.05, 0) is 23.9 Å². The molecule has 1 aromatic rings. The Labute approximate surface area is 90.8 Å². The molecule has 1 N–H and O–H groups in total. The second kappa shape index (κ2) is 4.84. The van der Waals surface area contributed by atoms with Gasteiger partial charge in [0.05, 0.1) is 4.88 Å². The summed E-state index contributed by atoms with van der Waals surface area (Å²) in [5.74, 6) is -0.112. The van der Waals surface area contributed by atoms with Gasteiger partial charge in [-0.3, -0.25) is 4.79 Å². The van der Waals surface area contributed by atoms with E-state index in [-0.39, 0.29) is 12.5 Å². The van der Waals surface area contributed by atoms with Crippen molar-refractivity contribution in [3.8, 4) is 0 Å². The average molecular weight is 238 g/mol. The van der Waals surface area contributed by atoms with E-state index < -0.39 is 4.84 Å². The molecule has 0 aliphatic rings. The number of thiophene rings is 1. The summed E-state index contributed by atoms with van der Waals surface area (Å²) in [6.07, 6.45) is 0. The summed E-state index contributed by atoms with van der Waals surface area (Å²) >= 11 is 12.4. The molecule has 0 radical (unpaired) electrons. The standard InChI is InChI=1S/C8H9Cl2NOS/c1-5-2-3-13-7(5)8(12)11-4-6(9)10/h2-3,6H,4H2,1H3,(H,11,12). The second-order valence-electron chi connectivity index (χ2n) is 2.53. The molecule has 0 atom stereocenters. The Balaban J connectivity index is 2.54. The fourth-order valence-corrected chi connectivity index (χ4v) is 1.85. The van der Waals surface area contributed by atoms with Crippen LogP contribution in [0, 0.1) is 6.92 Å². The topological polar surface area (TPSA) is 29.1 Å². The van der Waals surface area contributed by atoms with Crippen LogP contribution in [0.15, 0.2) is 11.4 Å². The van der Waals surface area contributed by atoms with E-state index in [1.807, 2.05) is 18.4 Å². The highest BCUT2D eigenvalue weighted by atomic mass is 35.5. The predicted molar refractivity (Wildman–Crippen MR) is 56.9 cm³/mol. The number of halogens is 2. The lowest BCUT2D eigenvalue weighted by Gasteiger charge is -2.03. The number of hydrogen-bond donors (Lipinski definition) is 1. The van der Waals surface area contributed by atoms with Crippen LogP contribution in [0.25, 0.3) is 0 Å². The van der Waals surface area contributed by atoms with E-state index in [1.165, 1.54) is 11.3 Å². The lowest BCUT2D eigenvalue weighted by Crippen LogP contribution is -2.27. The first kappa shape index (κ1) is 10.8. The van der Waals surface area contributed by atoms with Gasteiger partial charge in [-0.2, -0.15) is 0 Å². The Bertz CT molecular complexity index is 298. The van der Waals surface area contributed by atoms with E-state index in [9.17, 15) is 4.79 Å². The van der Waals surface area contributed by atoms with Crippen LogP contribution < -0.4 is 5.32 Å². The molecular weight excluding hydrogens is 229 g/mol. The van der Waals surface area contributed by atoms with E-state index in [0.717, 1.165) is 5.56 Å². The molecule has 1 amide bonds. The van der Waals surface area contributed by atoms with Crippen molar-refractivity contribution in [3.05, 3.63) is 21.9 Å². The van der Waals surface area contributed by atoms with Crippen molar-refractivity contribution in [3.63, 3.8) is 0 Å². The Morgan fingerprint density at radius 3 is 2.85 bits per heavy atom. The van der Waals surface area contributed by atoms with Gasteiger partial charge in [0.2, 0.25) is 0 Å². The molecule has 0 aliphatic carbocycles. The first-order chi connectivity index (χ1) is 6.11. The average Bonchev–Trinajstić information content (AvgIpc) is 2.47. The maximum atomic E-state index is 11.4. The molecule has 1 aromatic heterocycles. The highest BCUT2D eigenvalue weighted by Crippen LogP contribution is 2.15. The summed E-state index contributed by atoms with van der Waals surface area (Å²) in [4.78, 5) is 11.6. The lowest BCUT2D eigenvalue weighted by molar-refractivity contribution is 0.0959. The minimum atomic E-state index is -0.552. The number of carbonyl (C=O) groups excluding carboxylic acids is 1. The van der Waals surface area contributed by atoms with Gasteiger partial charge < -0.3 is 5.32 Å². The van der Waals surface area contributed by atoms with E-state index in [2.05, 4.69) is 5.32 Å². The van der Waals surface area contributed by atoms with Crippen LogP contribution in [0.1, 0.15) is 15.2 Å². The van der Waals surface area contributed by atoms with Crippen molar-refractivity contribution < 1.29 is 4.79 Å².